The van der Waals surface area contributed by atoms with Crippen LogP contribution in [0.1, 0.15) is 25.1 Å². The SMILES string of the molecule is CNC(C)(C)c1cc(C)ccn1. The molecule has 66 valence electrons. The molecule has 0 unspecified atom stereocenters. The first kappa shape index (κ1) is 9.20. The Balaban J connectivity index is 3.03. The van der Waals surface area contributed by atoms with Crippen molar-refractivity contribution in [3.05, 3.63) is 29.6 Å². The summed E-state index contributed by atoms with van der Waals surface area (Å²) >= 11 is 0. The van der Waals surface area contributed by atoms with Crippen LogP contribution in [0.15, 0.2) is 18.3 Å². The maximum Gasteiger partial charge on any atom is 0.0601 e. The van der Waals surface area contributed by atoms with Gasteiger partial charge in [-0.3, -0.25) is 4.98 Å². The van der Waals surface area contributed by atoms with Crippen LogP contribution in [0.4, 0.5) is 0 Å². The minimum absolute atomic E-state index is 0.0357. The van der Waals surface area contributed by atoms with Crippen LogP contribution in [0.3, 0.4) is 0 Å². The van der Waals surface area contributed by atoms with E-state index in [2.05, 4.69) is 37.1 Å². The lowest BCUT2D eigenvalue weighted by Crippen LogP contribution is -2.34. The van der Waals surface area contributed by atoms with Crippen LogP contribution in [0, 0.1) is 6.92 Å². The Morgan fingerprint density at radius 1 is 1.42 bits per heavy atom. The van der Waals surface area contributed by atoms with E-state index in [4.69, 9.17) is 0 Å². The highest BCUT2D eigenvalue weighted by Crippen LogP contribution is 2.16. The molecule has 0 aromatic carbocycles. The molecule has 0 aliphatic rings. The summed E-state index contributed by atoms with van der Waals surface area (Å²) < 4.78 is 0. The first-order valence-corrected chi connectivity index (χ1v) is 4.18. The smallest absolute Gasteiger partial charge is 0.0601 e. The summed E-state index contributed by atoms with van der Waals surface area (Å²) in [6, 6.07) is 4.12. The average Bonchev–Trinajstić information content (AvgIpc) is 2.05. The van der Waals surface area contributed by atoms with Gasteiger partial charge < -0.3 is 5.32 Å². The third-order valence-electron chi connectivity index (χ3n) is 2.18. The molecular weight excluding hydrogens is 148 g/mol. The molecule has 2 nitrogen and oxygen atoms in total. The summed E-state index contributed by atoms with van der Waals surface area (Å²) in [5.41, 5.74) is 2.31. The maximum absolute atomic E-state index is 4.32. The molecule has 1 heterocycles. The Kier molecular flexibility index (Phi) is 2.48. The van der Waals surface area contributed by atoms with Gasteiger partial charge in [-0.2, -0.15) is 0 Å². The summed E-state index contributed by atoms with van der Waals surface area (Å²) in [6.45, 7) is 6.32. The number of rotatable bonds is 2. The fourth-order valence-electron chi connectivity index (χ4n) is 1.01. The van der Waals surface area contributed by atoms with E-state index in [0.29, 0.717) is 0 Å². The number of nitrogens with one attached hydrogen (secondary N) is 1. The van der Waals surface area contributed by atoms with Crippen molar-refractivity contribution in [2.45, 2.75) is 26.3 Å². The van der Waals surface area contributed by atoms with Crippen LogP contribution in [0.5, 0.6) is 0 Å². The Morgan fingerprint density at radius 2 is 2.08 bits per heavy atom. The maximum atomic E-state index is 4.32. The predicted molar refractivity (Wildman–Crippen MR) is 51.1 cm³/mol. The second-order valence-electron chi connectivity index (χ2n) is 3.59. The first-order valence-electron chi connectivity index (χ1n) is 4.18. The molecule has 0 aliphatic heterocycles. The van der Waals surface area contributed by atoms with Crippen LogP contribution >= 0.6 is 0 Å². The average molecular weight is 164 g/mol. The fraction of sp³-hybridized carbons (Fsp3) is 0.500. The minimum atomic E-state index is -0.0357. The van der Waals surface area contributed by atoms with Crippen molar-refractivity contribution < 1.29 is 0 Å². The zero-order valence-corrected chi connectivity index (χ0v) is 8.18. The molecule has 0 spiro atoms. The Hall–Kier alpha value is -0.890. The summed E-state index contributed by atoms with van der Waals surface area (Å²) in [5.74, 6) is 0. The second-order valence-corrected chi connectivity index (χ2v) is 3.59. The van der Waals surface area contributed by atoms with Gasteiger partial charge in [0.1, 0.15) is 0 Å². The molecule has 0 fully saturated rings. The Bertz CT molecular complexity index is 266. The van der Waals surface area contributed by atoms with E-state index in [0.717, 1.165) is 5.69 Å². The van der Waals surface area contributed by atoms with Crippen molar-refractivity contribution in [1.82, 2.24) is 10.3 Å². The molecule has 1 aromatic heterocycles. The van der Waals surface area contributed by atoms with Crippen molar-refractivity contribution in [2.75, 3.05) is 7.05 Å². The van der Waals surface area contributed by atoms with Gasteiger partial charge >= 0.3 is 0 Å². The van der Waals surface area contributed by atoms with Crippen molar-refractivity contribution in [2.24, 2.45) is 0 Å². The van der Waals surface area contributed by atoms with Crippen LogP contribution < -0.4 is 5.32 Å². The highest BCUT2D eigenvalue weighted by molar-refractivity contribution is 5.19. The number of nitrogens with zero attached hydrogens (tertiary/aromatic N) is 1. The van der Waals surface area contributed by atoms with Gasteiger partial charge in [0, 0.05) is 6.20 Å². The van der Waals surface area contributed by atoms with Crippen LogP contribution in [0.25, 0.3) is 0 Å². The lowest BCUT2D eigenvalue weighted by molar-refractivity contribution is 0.431. The zero-order chi connectivity index (χ0) is 9.19. The van der Waals surface area contributed by atoms with Crippen molar-refractivity contribution in [3.63, 3.8) is 0 Å². The lowest BCUT2D eigenvalue weighted by Gasteiger charge is -2.23. The molecular formula is C10H16N2. The standard InChI is InChI=1S/C10H16N2/c1-8-5-6-12-9(7-8)10(2,3)11-4/h5-7,11H,1-4H3. The van der Waals surface area contributed by atoms with Crippen LogP contribution in [-0.4, -0.2) is 12.0 Å². The zero-order valence-electron chi connectivity index (χ0n) is 8.18. The van der Waals surface area contributed by atoms with E-state index in [1.807, 2.05) is 19.3 Å². The molecule has 0 atom stereocenters. The summed E-state index contributed by atoms with van der Waals surface area (Å²) in [6.07, 6.45) is 1.85. The van der Waals surface area contributed by atoms with Gasteiger partial charge in [-0.25, -0.2) is 0 Å². The number of hydrogen-bond donors (Lipinski definition) is 1. The molecule has 0 radical (unpaired) electrons. The normalized spacial score (nSPS) is 11.7. The highest BCUT2D eigenvalue weighted by atomic mass is 15.0. The van der Waals surface area contributed by atoms with Gasteiger partial charge in [0.25, 0.3) is 0 Å². The third kappa shape index (κ3) is 1.83. The number of aryl methyl sites for hydroxylation is 1. The molecule has 1 aromatic rings. The number of pyridine rings is 1. The van der Waals surface area contributed by atoms with E-state index < -0.39 is 0 Å². The van der Waals surface area contributed by atoms with Gasteiger partial charge in [0.2, 0.25) is 0 Å². The minimum Gasteiger partial charge on any atom is -0.310 e. The molecule has 0 saturated carbocycles. The largest absolute Gasteiger partial charge is 0.310 e. The monoisotopic (exact) mass is 164 g/mol. The van der Waals surface area contributed by atoms with Gasteiger partial charge in [-0.15, -0.1) is 0 Å². The molecule has 0 aliphatic carbocycles. The molecule has 0 amide bonds. The van der Waals surface area contributed by atoms with Crippen molar-refractivity contribution in [1.29, 1.82) is 0 Å². The Labute approximate surface area is 74.0 Å². The predicted octanol–water partition coefficient (Wildman–Crippen LogP) is 1.84. The molecule has 2 heteroatoms. The topological polar surface area (TPSA) is 24.9 Å². The highest BCUT2D eigenvalue weighted by Gasteiger charge is 2.18. The summed E-state index contributed by atoms with van der Waals surface area (Å²) in [5, 5.41) is 3.22. The number of aromatic nitrogens is 1. The molecule has 1 N–H and O–H groups in total. The first-order chi connectivity index (χ1) is 5.56. The number of hydrogen-bond acceptors (Lipinski definition) is 2. The molecule has 12 heavy (non-hydrogen) atoms. The van der Waals surface area contributed by atoms with Gasteiger partial charge in [-0.05, 0) is 45.5 Å². The second kappa shape index (κ2) is 3.23. The molecule has 0 bridgehead atoms. The van der Waals surface area contributed by atoms with Crippen LogP contribution in [0.2, 0.25) is 0 Å². The van der Waals surface area contributed by atoms with Gasteiger partial charge in [0.15, 0.2) is 0 Å². The summed E-state index contributed by atoms with van der Waals surface area (Å²) in [7, 11) is 1.95. The van der Waals surface area contributed by atoms with Crippen molar-refractivity contribution in [3.8, 4) is 0 Å². The summed E-state index contributed by atoms with van der Waals surface area (Å²) in [4.78, 5) is 4.32. The quantitative estimate of drug-likeness (QED) is 0.721. The van der Waals surface area contributed by atoms with Gasteiger partial charge in [-0.1, -0.05) is 0 Å². The van der Waals surface area contributed by atoms with E-state index in [9.17, 15) is 0 Å². The van der Waals surface area contributed by atoms with Crippen LogP contribution in [-0.2, 0) is 5.54 Å². The van der Waals surface area contributed by atoms with E-state index in [-0.39, 0.29) is 5.54 Å². The van der Waals surface area contributed by atoms with E-state index in [1.54, 1.807) is 0 Å². The Morgan fingerprint density at radius 3 is 2.58 bits per heavy atom. The lowest BCUT2D eigenvalue weighted by atomic mass is 9.99. The van der Waals surface area contributed by atoms with E-state index >= 15 is 0 Å². The molecule has 0 saturated heterocycles. The van der Waals surface area contributed by atoms with Gasteiger partial charge in [0.05, 0.1) is 11.2 Å². The third-order valence-corrected chi connectivity index (χ3v) is 2.18. The fourth-order valence-corrected chi connectivity index (χ4v) is 1.01. The van der Waals surface area contributed by atoms with Crippen molar-refractivity contribution >= 4 is 0 Å². The molecule has 1 rings (SSSR count). The van der Waals surface area contributed by atoms with E-state index in [1.165, 1.54) is 5.56 Å².